The summed E-state index contributed by atoms with van der Waals surface area (Å²) in [6, 6.07) is 5.95. The summed E-state index contributed by atoms with van der Waals surface area (Å²) >= 11 is 3.05. The number of aryl methyl sites for hydroxylation is 1. The lowest BCUT2D eigenvalue weighted by atomic mass is 9.96. The van der Waals surface area contributed by atoms with Crippen molar-refractivity contribution in [3.05, 3.63) is 34.4 Å². The van der Waals surface area contributed by atoms with E-state index in [1.165, 1.54) is 16.6 Å². The van der Waals surface area contributed by atoms with Gasteiger partial charge in [-0.05, 0) is 50.3 Å². The Kier molecular flexibility index (Phi) is 6.02. The van der Waals surface area contributed by atoms with E-state index in [0.29, 0.717) is 40.9 Å². The van der Waals surface area contributed by atoms with Gasteiger partial charge in [0.05, 0.1) is 11.8 Å². The highest BCUT2D eigenvalue weighted by Crippen LogP contribution is 2.37. The van der Waals surface area contributed by atoms with Gasteiger partial charge >= 0.3 is 0 Å². The van der Waals surface area contributed by atoms with Crippen molar-refractivity contribution in [2.75, 3.05) is 11.1 Å². The Labute approximate surface area is 177 Å². The van der Waals surface area contributed by atoms with Crippen molar-refractivity contribution < 1.29 is 9.21 Å². The van der Waals surface area contributed by atoms with Crippen LogP contribution in [0.4, 0.5) is 5.00 Å². The van der Waals surface area contributed by atoms with Crippen molar-refractivity contribution in [3.8, 4) is 17.7 Å². The molecule has 0 fully saturated rings. The van der Waals surface area contributed by atoms with Crippen molar-refractivity contribution in [1.82, 2.24) is 14.8 Å². The highest BCUT2D eigenvalue weighted by atomic mass is 32.2. The lowest BCUT2D eigenvalue weighted by Crippen LogP contribution is -2.12. The SMILES string of the molecule is CCn1c(SCCC(=O)Nc2sc3c(c2C#N)CCCC3)nnc1-c1ccco1. The Bertz CT molecular complexity index is 1050. The van der Waals surface area contributed by atoms with Gasteiger partial charge in [-0.15, -0.1) is 21.5 Å². The summed E-state index contributed by atoms with van der Waals surface area (Å²) in [5.74, 6) is 1.86. The maximum Gasteiger partial charge on any atom is 0.225 e. The number of nitrogens with one attached hydrogen (secondary N) is 1. The van der Waals surface area contributed by atoms with Crippen LogP contribution in [-0.2, 0) is 24.2 Å². The molecule has 1 N–H and O–H groups in total. The molecule has 0 aliphatic heterocycles. The molecule has 0 aromatic carbocycles. The monoisotopic (exact) mass is 427 g/mol. The fourth-order valence-electron chi connectivity index (χ4n) is 3.46. The van der Waals surface area contributed by atoms with Crippen LogP contribution in [0.25, 0.3) is 11.6 Å². The molecule has 0 radical (unpaired) electrons. The number of furan rings is 1. The zero-order valence-electron chi connectivity index (χ0n) is 16.1. The second kappa shape index (κ2) is 8.84. The van der Waals surface area contributed by atoms with Crippen LogP contribution < -0.4 is 5.32 Å². The summed E-state index contributed by atoms with van der Waals surface area (Å²) in [5, 5.41) is 22.4. The van der Waals surface area contributed by atoms with E-state index >= 15 is 0 Å². The quantitative estimate of drug-likeness (QED) is 0.558. The predicted molar refractivity (Wildman–Crippen MR) is 113 cm³/mol. The molecule has 9 heteroatoms. The van der Waals surface area contributed by atoms with Crippen LogP contribution in [0, 0.1) is 11.3 Å². The number of hydrogen-bond donors (Lipinski definition) is 1. The molecule has 1 amide bonds. The summed E-state index contributed by atoms with van der Waals surface area (Å²) in [4.78, 5) is 13.7. The van der Waals surface area contributed by atoms with Gasteiger partial charge in [0.2, 0.25) is 5.91 Å². The summed E-state index contributed by atoms with van der Waals surface area (Å²) in [5.41, 5.74) is 1.79. The molecule has 0 unspecified atom stereocenters. The number of hydrogen-bond acceptors (Lipinski definition) is 7. The molecule has 0 atom stereocenters. The third kappa shape index (κ3) is 4.09. The average Bonchev–Trinajstić information content (AvgIpc) is 3.45. The van der Waals surface area contributed by atoms with E-state index in [1.54, 1.807) is 17.6 Å². The first kappa shape index (κ1) is 19.7. The van der Waals surface area contributed by atoms with Gasteiger partial charge in [0.25, 0.3) is 0 Å². The van der Waals surface area contributed by atoms with Gasteiger partial charge in [-0.3, -0.25) is 9.36 Å². The van der Waals surface area contributed by atoms with Crippen molar-refractivity contribution in [2.45, 2.75) is 50.7 Å². The number of carbonyl (C=O) groups is 1. The average molecular weight is 428 g/mol. The van der Waals surface area contributed by atoms with Gasteiger partial charge in [0.1, 0.15) is 11.1 Å². The van der Waals surface area contributed by atoms with Gasteiger partial charge < -0.3 is 9.73 Å². The molecule has 150 valence electrons. The van der Waals surface area contributed by atoms with E-state index in [0.717, 1.165) is 36.4 Å². The third-order valence-corrected chi connectivity index (χ3v) is 7.05. The Balaban J connectivity index is 1.37. The summed E-state index contributed by atoms with van der Waals surface area (Å²) in [6.45, 7) is 2.73. The predicted octanol–water partition coefficient (Wildman–Crippen LogP) is 4.49. The largest absolute Gasteiger partial charge is 0.461 e. The number of thiophene rings is 1. The van der Waals surface area contributed by atoms with E-state index in [2.05, 4.69) is 21.6 Å². The molecule has 0 spiro atoms. The van der Waals surface area contributed by atoms with E-state index < -0.39 is 0 Å². The van der Waals surface area contributed by atoms with Gasteiger partial charge in [-0.25, -0.2) is 0 Å². The van der Waals surface area contributed by atoms with E-state index in [1.807, 2.05) is 23.6 Å². The number of amides is 1. The minimum absolute atomic E-state index is 0.0820. The molecule has 0 saturated heterocycles. The van der Waals surface area contributed by atoms with Crippen LogP contribution in [0.1, 0.15) is 42.2 Å². The molecular weight excluding hydrogens is 406 g/mol. The van der Waals surface area contributed by atoms with Crippen molar-refractivity contribution in [2.24, 2.45) is 0 Å². The fraction of sp³-hybridized carbons (Fsp3) is 0.400. The Hall–Kier alpha value is -2.57. The summed E-state index contributed by atoms with van der Waals surface area (Å²) in [6.07, 6.45) is 6.15. The van der Waals surface area contributed by atoms with E-state index in [-0.39, 0.29) is 5.91 Å². The molecule has 0 saturated carbocycles. The first-order valence-electron chi connectivity index (χ1n) is 9.65. The molecule has 4 rings (SSSR count). The van der Waals surface area contributed by atoms with Crippen LogP contribution in [0.3, 0.4) is 0 Å². The standard InChI is InChI=1S/C20H21N5O2S2/c1-2-25-18(15-7-5-10-27-15)23-24-20(25)28-11-9-17(26)22-19-14(12-21)13-6-3-4-8-16(13)29-19/h5,7,10H,2-4,6,8-9,11H2,1H3,(H,22,26). The second-order valence-electron chi connectivity index (χ2n) is 6.70. The van der Waals surface area contributed by atoms with Crippen LogP contribution in [0.15, 0.2) is 28.0 Å². The zero-order chi connectivity index (χ0) is 20.2. The third-order valence-electron chi connectivity index (χ3n) is 4.87. The highest BCUT2D eigenvalue weighted by Gasteiger charge is 2.22. The number of rotatable bonds is 7. The molecule has 7 nitrogen and oxygen atoms in total. The number of carbonyl (C=O) groups excluding carboxylic acids is 1. The van der Waals surface area contributed by atoms with Gasteiger partial charge in [-0.1, -0.05) is 11.8 Å². The summed E-state index contributed by atoms with van der Waals surface area (Å²) in [7, 11) is 0. The van der Waals surface area contributed by atoms with Crippen LogP contribution in [0.2, 0.25) is 0 Å². The lowest BCUT2D eigenvalue weighted by Gasteiger charge is -2.09. The molecule has 29 heavy (non-hydrogen) atoms. The normalized spacial score (nSPS) is 13.1. The van der Waals surface area contributed by atoms with Crippen LogP contribution in [-0.4, -0.2) is 26.4 Å². The molecule has 1 aliphatic carbocycles. The van der Waals surface area contributed by atoms with E-state index in [4.69, 9.17) is 4.42 Å². The molecule has 1 aliphatic rings. The smallest absolute Gasteiger partial charge is 0.225 e. The van der Waals surface area contributed by atoms with Gasteiger partial charge in [0.15, 0.2) is 16.7 Å². The molecule has 3 heterocycles. The highest BCUT2D eigenvalue weighted by molar-refractivity contribution is 7.99. The van der Waals surface area contributed by atoms with Gasteiger partial charge in [-0.2, -0.15) is 5.26 Å². The fourth-order valence-corrected chi connectivity index (χ4v) is 5.66. The molecule has 3 aromatic heterocycles. The molecular formula is C20H21N5O2S2. The van der Waals surface area contributed by atoms with Crippen LogP contribution >= 0.6 is 23.1 Å². The maximum atomic E-state index is 12.4. The Morgan fingerprint density at radius 3 is 3.03 bits per heavy atom. The first-order valence-corrected chi connectivity index (χ1v) is 11.5. The Morgan fingerprint density at radius 1 is 1.41 bits per heavy atom. The molecule has 3 aromatic rings. The van der Waals surface area contributed by atoms with Crippen molar-refractivity contribution in [3.63, 3.8) is 0 Å². The van der Waals surface area contributed by atoms with Crippen molar-refractivity contribution >= 4 is 34.0 Å². The topological polar surface area (TPSA) is 96.7 Å². The minimum Gasteiger partial charge on any atom is -0.461 e. The first-order chi connectivity index (χ1) is 14.2. The summed E-state index contributed by atoms with van der Waals surface area (Å²) < 4.78 is 7.39. The Morgan fingerprint density at radius 2 is 2.28 bits per heavy atom. The zero-order valence-corrected chi connectivity index (χ0v) is 17.7. The minimum atomic E-state index is -0.0820. The van der Waals surface area contributed by atoms with Crippen LogP contribution in [0.5, 0.6) is 0 Å². The second-order valence-corrected chi connectivity index (χ2v) is 8.87. The molecule has 0 bridgehead atoms. The number of thioether (sulfide) groups is 1. The van der Waals surface area contributed by atoms with Crippen molar-refractivity contribution in [1.29, 1.82) is 5.26 Å². The van der Waals surface area contributed by atoms with E-state index in [9.17, 15) is 10.1 Å². The number of aromatic nitrogens is 3. The number of nitriles is 1. The van der Waals surface area contributed by atoms with Gasteiger partial charge in [0, 0.05) is 23.6 Å². The number of nitrogens with zero attached hydrogens (tertiary/aromatic N) is 4. The number of fused-ring (bicyclic) bond motifs is 1. The maximum absolute atomic E-state index is 12.4. The lowest BCUT2D eigenvalue weighted by molar-refractivity contribution is -0.115. The number of anilines is 1.